The molecule has 20 heavy (non-hydrogen) atoms. The van der Waals surface area contributed by atoms with Crippen LogP contribution in [0.3, 0.4) is 0 Å². The Morgan fingerprint density at radius 3 is 2.60 bits per heavy atom. The Balaban J connectivity index is 2.99. The highest BCUT2D eigenvalue weighted by atomic mass is 32.2. The maximum Gasteiger partial charge on any atom is 0.341 e. The topological polar surface area (TPSA) is 83.9 Å². The number of hydrogen-bond acceptors (Lipinski definition) is 4. The van der Waals surface area contributed by atoms with Crippen molar-refractivity contribution in [3.8, 4) is 5.75 Å². The summed E-state index contributed by atoms with van der Waals surface area (Å²) in [6.07, 6.45) is 0.637. The third-order valence-corrected chi connectivity index (χ3v) is 4.35. The van der Waals surface area contributed by atoms with Crippen LogP contribution in [0.2, 0.25) is 0 Å². The van der Waals surface area contributed by atoms with Crippen LogP contribution in [0.15, 0.2) is 23.1 Å². The van der Waals surface area contributed by atoms with Gasteiger partial charge < -0.3 is 9.84 Å². The molecule has 1 N–H and O–H groups in total. The summed E-state index contributed by atoms with van der Waals surface area (Å²) in [6.45, 7) is 1.45. The number of ether oxygens (including phenoxy) is 1. The smallest absolute Gasteiger partial charge is 0.341 e. The lowest BCUT2D eigenvalue weighted by Crippen LogP contribution is -2.27. The van der Waals surface area contributed by atoms with Crippen LogP contribution in [0, 0.1) is 5.82 Å². The lowest BCUT2D eigenvalue weighted by Gasteiger charge is -2.16. The molecule has 0 aliphatic heterocycles. The zero-order valence-corrected chi connectivity index (χ0v) is 12.0. The van der Waals surface area contributed by atoms with Crippen molar-refractivity contribution in [3.63, 3.8) is 0 Å². The SMILES string of the molecule is CCCN(C)S(=O)(=O)c1ccc(OCC(=O)O)c(F)c1. The fourth-order valence-corrected chi connectivity index (χ4v) is 2.79. The van der Waals surface area contributed by atoms with E-state index in [9.17, 15) is 17.6 Å². The van der Waals surface area contributed by atoms with Crippen LogP contribution < -0.4 is 4.74 Å². The first-order valence-electron chi connectivity index (χ1n) is 5.89. The van der Waals surface area contributed by atoms with E-state index in [1.165, 1.54) is 13.1 Å². The van der Waals surface area contributed by atoms with Gasteiger partial charge in [0, 0.05) is 13.6 Å². The predicted octanol–water partition coefficient (Wildman–Crippen LogP) is 1.32. The molecule has 0 unspecified atom stereocenters. The molecule has 6 nitrogen and oxygen atoms in total. The third-order valence-electron chi connectivity index (χ3n) is 2.50. The summed E-state index contributed by atoms with van der Waals surface area (Å²) in [4.78, 5) is 10.1. The number of carboxylic acid groups (broad SMARTS) is 1. The van der Waals surface area contributed by atoms with E-state index >= 15 is 0 Å². The Morgan fingerprint density at radius 1 is 1.45 bits per heavy atom. The zero-order valence-electron chi connectivity index (χ0n) is 11.2. The number of hydrogen-bond donors (Lipinski definition) is 1. The van der Waals surface area contributed by atoms with E-state index < -0.39 is 28.4 Å². The molecule has 1 aromatic rings. The molecule has 0 heterocycles. The van der Waals surface area contributed by atoms with Crippen molar-refractivity contribution in [2.45, 2.75) is 18.2 Å². The van der Waals surface area contributed by atoms with Gasteiger partial charge in [0.15, 0.2) is 18.2 Å². The molecule has 0 fully saturated rings. The van der Waals surface area contributed by atoms with Gasteiger partial charge in [0.2, 0.25) is 10.0 Å². The number of benzene rings is 1. The van der Waals surface area contributed by atoms with Gasteiger partial charge in [-0.15, -0.1) is 0 Å². The molecule has 0 bridgehead atoms. The molecule has 0 radical (unpaired) electrons. The van der Waals surface area contributed by atoms with Crippen molar-refractivity contribution < 1.29 is 27.4 Å². The third kappa shape index (κ3) is 3.91. The van der Waals surface area contributed by atoms with Crippen molar-refractivity contribution in [1.82, 2.24) is 4.31 Å². The second-order valence-electron chi connectivity index (χ2n) is 4.10. The number of nitrogens with zero attached hydrogens (tertiary/aromatic N) is 1. The fraction of sp³-hybridized carbons (Fsp3) is 0.417. The van der Waals surface area contributed by atoms with Crippen LogP contribution in [0.5, 0.6) is 5.75 Å². The summed E-state index contributed by atoms with van der Waals surface area (Å²) in [5.41, 5.74) is 0. The quantitative estimate of drug-likeness (QED) is 0.821. The lowest BCUT2D eigenvalue weighted by atomic mass is 10.3. The van der Waals surface area contributed by atoms with Gasteiger partial charge in [0.25, 0.3) is 0 Å². The minimum Gasteiger partial charge on any atom is -0.479 e. The number of rotatable bonds is 7. The predicted molar refractivity (Wildman–Crippen MR) is 69.6 cm³/mol. The Kier molecular flexibility index (Phi) is 5.46. The summed E-state index contributed by atoms with van der Waals surface area (Å²) in [6, 6.07) is 3.10. The van der Waals surface area contributed by atoms with Crippen molar-refractivity contribution in [1.29, 1.82) is 0 Å². The number of aliphatic carboxylic acids is 1. The van der Waals surface area contributed by atoms with Gasteiger partial charge in [-0.1, -0.05) is 6.92 Å². The molecular formula is C12H16FNO5S. The minimum atomic E-state index is -3.75. The minimum absolute atomic E-state index is 0.200. The average molecular weight is 305 g/mol. The summed E-state index contributed by atoms with van der Waals surface area (Å²) in [7, 11) is -2.34. The molecule has 0 amide bonds. The molecule has 1 rings (SSSR count). The lowest BCUT2D eigenvalue weighted by molar-refractivity contribution is -0.139. The molecular weight excluding hydrogens is 289 g/mol. The van der Waals surface area contributed by atoms with Crippen molar-refractivity contribution in [3.05, 3.63) is 24.0 Å². The Hall–Kier alpha value is -1.67. The molecule has 1 aromatic carbocycles. The van der Waals surface area contributed by atoms with Gasteiger partial charge in [-0.3, -0.25) is 0 Å². The maximum absolute atomic E-state index is 13.7. The van der Waals surface area contributed by atoms with Gasteiger partial charge in [-0.05, 0) is 24.6 Å². The Morgan fingerprint density at radius 2 is 2.10 bits per heavy atom. The molecule has 112 valence electrons. The molecule has 0 aliphatic rings. The van der Waals surface area contributed by atoms with Crippen molar-refractivity contribution >= 4 is 16.0 Å². The summed E-state index contributed by atoms with van der Waals surface area (Å²) >= 11 is 0. The van der Waals surface area contributed by atoms with Crippen molar-refractivity contribution in [2.75, 3.05) is 20.2 Å². The van der Waals surface area contributed by atoms with Gasteiger partial charge in [0.1, 0.15) is 0 Å². The van der Waals surface area contributed by atoms with Gasteiger partial charge >= 0.3 is 5.97 Å². The first kappa shape index (κ1) is 16.4. The van der Waals surface area contributed by atoms with E-state index in [-0.39, 0.29) is 10.6 Å². The number of sulfonamides is 1. The summed E-state index contributed by atoms with van der Waals surface area (Å²) < 4.78 is 43.6. The van der Waals surface area contributed by atoms with Gasteiger partial charge in [-0.2, -0.15) is 0 Å². The highest BCUT2D eigenvalue weighted by molar-refractivity contribution is 7.89. The first-order valence-corrected chi connectivity index (χ1v) is 7.33. The maximum atomic E-state index is 13.7. The van der Waals surface area contributed by atoms with Crippen LogP contribution in [-0.4, -0.2) is 44.0 Å². The van der Waals surface area contributed by atoms with Crippen LogP contribution >= 0.6 is 0 Å². The number of carboxylic acids is 1. The molecule has 0 spiro atoms. The van der Waals surface area contributed by atoms with Crippen LogP contribution in [0.4, 0.5) is 4.39 Å². The molecule has 0 saturated carbocycles. The number of carbonyl (C=O) groups is 1. The van der Waals surface area contributed by atoms with E-state index in [0.717, 1.165) is 16.4 Å². The van der Waals surface area contributed by atoms with E-state index in [1.54, 1.807) is 0 Å². The second kappa shape index (κ2) is 6.67. The van der Waals surface area contributed by atoms with Crippen LogP contribution in [0.25, 0.3) is 0 Å². The second-order valence-corrected chi connectivity index (χ2v) is 6.15. The molecule has 0 saturated heterocycles. The molecule has 0 aliphatic carbocycles. The molecule has 0 aromatic heterocycles. The van der Waals surface area contributed by atoms with Crippen LogP contribution in [-0.2, 0) is 14.8 Å². The van der Waals surface area contributed by atoms with E-state index in [0.29, 0.717) is 13.0 Å². The summed E-state index contributed by atoms with van der Waals surface area (Å²) in [5.74, 6) is -2.47. The van der Waals surface area contributed by atoms with E-state index in [2.05, 4.69) is 0 Å². The molecule has 0 atom stereocenters. The normalized spacial score (nSPS) is 11.6. The standard InChI is InChI=1S/C12H16FNO5S/c1-3-6-14(2)20(17,18)9-4-5-11(10(13)7-9)19-8-12(15)16/h4-5,7H,3,6,8H2,1-2H3,(H,15,16). The highest BCUT2D eigenvalue weighted by Gasteiger charge is 2.21. The van der Waals surface area contributed by atoms with E-state index in [1.807, 2.05) is 6.92 Å². The average Bonchev–Trinajstić information content (AvgIpc) is 2.37. The first-order chi connectivity index (χ1) is 9.28. The summed E-state index contributed by atoms with van der Waals surface area (Å²) in [5, 5.41) is 8.43. The monoisotopic (exact) mass is 305 g/mol. The Labute approximate surface area is 116 Å². The highest BCUT2D eigenvalue weighted by Crippen LogP contribution is 2.23. The van der Waals surface area contributed by atoms with Gasteiger partial charge in [0.05, 0.1) is 4.90 Å². The molecule has 8 heteroatoms. The largest absolute Gasteiger partial charge is 0.479 e. The zero-order chi connectivity index (χ0) is 15.3. The fourth-order valence-electron chi connectivity index (χ4n) is 1.51. The van der Waals surface area contributed by atoms with Crippen LogP contribution in [0.1, 0.15) is 13.3 Å². The Bertz CT molecular complexity index is 588. The number of halogens is 1. The van der Waals surface area contributed by atoms with Crippen molar-refractivity contribution in [2.24, 2.45) is 0 Å². The van der Waals surface area contributed by atoms with E-state index in [4.69, 9.17) is 9.84 Å². The van der Waals surface area contributed by atoms with Gasteiger partial charge in [-0.25, -0.2) is 21.9 Å².